The van der Waals surface area contributed by atoms with Crippen molar-refractivity contribution in [1.82, 2.24) is 20.6 Å². The Balaban J connectivity index is 1.46. The molecule has 0 unspecified atom stereocenters. The van der Waals surface area contributed by atoms with Crippen LogP contribution in [-0.4, -0.2) is 21.6 Å². The molecule has 4 rings (SSSR count). The summed E-state index contributed by atoms with van der Waals surface area (Å²) in [5.41, 5.74) is 8.48. The number of thiophene rings is 1. The van der Waals surface area contributed by atoms with Crippen LogP contribution in [-0.2, 0) is 11.3 Å². The molecule has 1 fully saturated rings. The zero-order chi connectivity index (χ0) is 20.4. The Hall–Kier alpha value is -2.67. The van der Waals surface area contributed by atoms with Gasteiger partial charge in [0, 0.05) is 11.3 Å². The molecule has 2 heterocycles. The minimum absolute atomic E-state index is 0.0109. The molecule has 0 spiro atoms. The number of nitrogens with zero attached hydrogens (tertiary/aromatic N) is 2. The average molecular weight is 411 g/mol. The average Bonchev–Trinajstić information content (AvgIpc) is 3.30. The second-order valence-electron chi connectivity index (χ2n) is 7.84. The van der Waals surface area contributed by atoms with E-state index in [9.17, 15) is 9.59 Å². The number of carbonyl (C=O) groups is 2. The molecule has 0 aliphatic heterocycles. The third kappa shape index (κ3) is 4.34. The summed E-state index contributed by atoms with van der Waals surface area (Å²) in [4.78, 5) is 26.4. The molecule has 152 valence electrons. The largest absolute Gasteiger partial charge is 0.279 e. The van der Waals surface area contributed by atoms with Crippen LogP contribution in [0.2, 0.25) is 0 Å². The number of benzene rings is 1. The predicted molar refractivity (Wildman–Crippen MR) is 115 cm³/mol. The number of hydrazine groups is 1. The lowest BCUT2D eigenvalue weighted by atomic mass is 9.89. The first-order valence-electron chi connectivity index (χ1n) is 10.1. The van der Waals surface area contributed by atoms with Gasteiger partial charge >= 0.3 is 0 Å². The lowest BCUT2D eigenvalue weighted by Gasteiger charge is -2.20. The van der Waals surface area contributed by atoms with Crippen molar-refractivity contribution in [2.45, 2.75) is 52.5 Å². The molecule has 29 heavy (non-hydrogen) atoms. The van der Waals surface area contributed by atoms with Gasteiger partial charge in [-0.25, -0.2) is 0 Å². The number of hydrogen-bond donors (Lipinski definition) is 2. The zero-order valence-electron chi connectivity index (χ0n) is 16.8. The number of rotatable bonds is 4. The lowest BCUT2D eigenvalue weighted by molar-refractivity contribution is -0.126. The Labute approximate surface area is 174 Å². The quantitative estimate of drug-likeness (QED) is 0.636. The summed E-state index contributed by atoms with van der Waals surface area (Å²) >= 11 is 1.40. The van der Waals surface area contributed by atoms with Gasteiger partial charge in [-0.05, 0) is 38.3 Å². The maximum atomic E-state index is 12.6. The van der Waals surface area contributed by atoms with E-state index in [4.69, 9.17) is 0 Å². The third-order valence-electron chi connectivity index (χ3n) is 5.56. The van der Waals surface area contributed by atoms with E-state index in [1.54, 1.807) is 0 Å². The molecule has 2 aromatic heterocycles. The van der Waals surface area contributed by atoms with Gasteiger partial charge in [0.25, 0.3) is 5.91 Å². The second kappa shape index (κ2) is 8.37. The number of hydrogen-bond acceptors (Lipinski definition) is 4. The van der Waals surface area contributed by atoms with Crippen LogP contribution in [0, 0.1) is 19.8 Å². The van der Waals surface area contributed by atoms with E-state index in [0.29, 0.717) is 11.4 Å². The van der Waals surface area contributed by atoms with Gasteiger partial charge in [-0.3, -0.25) is 25.1 Å². The number of aromatic nitrogens is 2. The van der Waals surface area contributed by atoms with Crippen molar-refractivity contribution in [2.75, 3.05) is 0 Å². The van der Waals surface area contributed by atoms with Gasteiger partial charge in [-0.1, -0.05) is 49.1 Å². The number of aryl methyl sites for hydroxylation is 2. The van der Waals surface area contributed by atoms with E-state index >= 15 is 0 Å². The first kappa shape index (κ1) is 19.6. The molecule has 1 aromatic carbocycles. The minimum Gasteiger partial charge on any atom is -0.273 e. The Morgan fingerprint density at radius 1 is 1.10 bits per heavy atom. The molecule has 0 bridgehead atoms. The van der Waals surface area contributed by atoms with Gasteiger partial charge in [-0.2, -0.15) is 5.10 Å². The molecule has 2 N–H and O–H groups in total. The molecule has 6 nitrogen and oxygen atoms in total. The number of nitrogens with one attached hydrogen (secondary N) is 2. The van der Waals surface area contributed by atoms with Gasteiger partial charge < -0.3 is 0 Å². The van der Waals surface area contributed by atoms with E-state index in [2.05, 4.69) is 47.1 Å². The molecule has 2 amide bonds. The molecule has 0 atom stereocenters. The van der Waals surface area contributed by atoms with Crippen molar-refractivity contribution in [3.63, 3.8) is 0 Å². The fourth-order valence-electron chi connectivity index (χ4n) is 3.84. The van der Waals surface area contributed by atoms with Crippen LogP contribution < -0.4 is 10.9 Å². The smallest absolute Gasteiger partial charge is 0.273 e. The van der Waals surface area contributed by atoms with Crippen molar-refractivity contribution < 1.29 is 9.59 Å². The normalized spacial score (nSPS) is 14.8. The Bertz CT molecular complexity index is 1030. The Kier molecular flexibility index (Phi) is 5.67. The third-order valence-corrected chi connectivity index (χ3v) is 6.71. The van der Waals surface area contributed by atoms with Crippen LogP contribution in [0.1, 0.15) is 58.6 Å². The maximum Gasteiger partial charge on any atom is 0.279 e. The van der Waals surface area contributed by atoms with E-state index < -0.39 is 0 Å². The van der Waals surface area contributed by atoms with Gasteiger partial charge in [0.1, 0.15) is 4.83 Å². The van der Waals surface area contributed by atoms with Crippen LogP contribution in [0.5, 0.6) is 0 Å². The molecule has 0 radical (unpaired) electrons. The monoisotopic (exact) mass is 410 g/mol. The van der Waals surface area contributed by atoms with Gasteiger partial charge in [0.05, 0.1) is 17.1 Å². The molecule has 1 aliphatic carbocycles. The van der Waals surface area contributed by atoms with E-state index in [1.165, 1.54) is 28.9 Å². The van der Waals surface area contributed by atoms with Crippen LogP contribution >= 0.6 is 11.3 Å². The van der Waals surface area contributed by atoms with Gasteiger partial charge in [-0.15, -0.1) is 11.3 Å². The van der Waals surface area contributed by atoms with Crippen molar-refractivity contribution in [3.05, 3.63) is 52.0 Å². The lowest BCUT2D eigenvalue weighted by Crippen LogP contribution is -2.44. The summed E-state index contributed by atoms with van der Waals surface area (Å²) in [5, 5.41) is 5.61. The van der Waals surface area contributed by atoms with Crippen LogP contribution in [0.15, 0.2) is 30.3 Å². The highest BCUT2D eigenvalue weighted by Gasteiger charge is 2.22. The summed E-state index contributed by atoms with van der Waals surface area (Å²) in [6.07, 6.45) is 5.16. The molecule has 3 aromatic rings. The van der Waals surface area contributed by atoms with Gasteiger partial charge in [0.2, 0.25) is 5.91 Å². The van der Waals surface area contributed by atoms with Gasteiger partial charge in [0.15, 0.2) is 0 Å². The summed E-state index contributed by atoms with van der Waals surface area (Å²) in [6, 6.07) is 10.2. The van der Waals surface area contributed by atoms with Crippen molar-refractivity contribution in [1.29, 1.82) is 0 Å². The first-order chi connectivity index (χ1) is 14.0. The minimum atomic E-state index is -0.281. The van der Waals surface area contributed by atoms with E-state index in [1.807, 2.05) is 17.7 Å². The second-order valence-corrected chi connectivity index (χ2v) is 8.87. The van der Waals surface area contributed by atoms with Crippen LogP contribution in [0.3, 0.4) is 0 Å². The number of fused-ring (bicyclic) bond motifs is 1. The standard InChI is InChI=1S/C22H26N4O2S/c1-14-8-10-16(11-9-14)13-26-22-18(15(2)25-26)12-19(29-22)21(28)24-23-20(27)17-6-4-3-5-7-17/h8-12,17H,3-7,13H2,1-2H3,(H,23,27)(H,24,28). The predicted octanol–water partition coefficient (Wildman–Crippen LogP) is 4.10. The van der Waals surface area contributed by atoms with Crippen molar-refractivity contribution in [2.24, 2.45) is 5.92 Å². The van der Waals surface area contributed by atoms with Crippen LogP contribution in [0.25, 0.3) is 10.2 Å². The summed E-state index contributed by atoms with van der Waals surface area (Å²) in [5.74, 6) is -0.352. The molecule has 0 saturated heterocycles. The molecule has 1 saturated carbocycles. The maximum absolute atomic E-state index is 12.6. The molecular weight excluding hydrogens is 384 g/mol. The molecule has 7 heteroatoms. The van der Waals surface area contributed by atoms with Crippen molar-refractivity contribution >= 4 is 33.4 Å². The Morgan fingerprint density at radius 2 is 1.83 bits per heavy atom. The topological polar surface area (TPSA) is 76.0 Å². The van der Waals surface area contributed by atoms with Crippen LogP contribution in [0.4, 0.5) is 0 Å². The summed E-state index contributed by atoms with van der Waals surface area (Å²) in [6.45, 7) is 4.68. The zero-order valence-corrected chi connectivity index (χ0v) is 17.6. The van der Waals surface area contributed by atoms with E-state index in [0.717, 1.165) is 41.6 Å². The highest BCUT2D eigenvalue weighted by Crippen LogP contribution is 2.29. The number of amides is 2. The highest BCUT2D eigenvalue weighted by molar-refractivity contribution is 7.20. The van der Waals surface area contributed by atoms with Crippen molar-refractivity contribution in [3.8, 4) is 0 Å². The fraction of sp³-hybridized carbons (Fsp3) is 0.409. The summed E-state index contributed by atoms with van der Waals surface area (Å²) < 4.78 is 1.94. The molecule has 1 aliphatic rings. The first-order valence-corrected chi connectivity index (χ1v) is 11.0. The fourth-order valence-corrected chi connectivity index (χ4v) is 4.90. The summed E-state index contributed by atoms with van der Waals surface area (Å²) in [7, 11) is 0. The van der Waals surface area contributed by atoms with E-state index in [-0.39, 0.29) is 17.7 Å². The molecular formula is C22H26N4O2S. The SMILES string of the molecule is Cc1ccc(Cn2nc(C)c3cc(C(=O)NNC(=O)C4CCCCC4)sc32)cc1. The Morgan fingerprint density at radius 3 is 2.55 bits per heavy atom. The highest BCUT2D eigenvalue weighted by atomic mass is 32.1. The number of carbonyl (C=O) groups excluding carboxylic acids is 2.